The zero-order valence-electron chi connectivity index (χ0n) is 14.9. The number of hydrogen-bond donors (Lipinski definition) is 2. The maximum atomic E-state index is 12.9. The van der Waals surface area contributed by atoms with Crippen LogP contribution < -0.4 is 10.7 Å². The van der Waals surface area contributed by atoms with Crippen LogP contribution in [0.15, 0.2) is 41.2 Å². The number of aromatic amines is 1. The van der Waals surface area contributed by atoms with Gasteiger partial charge in [0.25, 0.3) is 5.91 Å². The lowest BCUT2D eigenvalue weighted by molar-refractivity contribution is 0.0950. The van der Waals surface area contributed by atoms with E-state index in [9.17, 15) is 9.59 Å². The minimum Gasteiger partial charge on any atom is -0.354 e. The molecule has 0 fully saturated rings. The molecule has 2 N–H and O–H groups in total. The Labute approximate surface area is 165 Å². The van der Waals surface area contributed by atoms with Crippen molar-refractivity contribution in [2.45, 2.75) is 13.8 Å². The summed E-state index contributed by atoms with van der Waals surface area (Å²) in [6.45, 7) is 7.51. The highest BCUT2D eigenvalue weighted by molar-refractivity contribution is 14.1. The van der Waals surface area contributed by atoms with Gasteiger partial charge in [-0.1, -0.05) is 26.0 Å². The molecule has 0 saturated carbocycles. The number of carbonyl (C=O) groups excluding carboxylic acids is 1. The highest BCUT2D eigenvalue weighted by Crippen LogP contribution is 2.21. The third kappa shape index (κ3) is 3.61. The van der Waals surface area contributed by atoms with Gasteiger partial charge in [0, 0.05) is 22.0 Å². The van der Waals surface area contributed by atoms with Crippen molar-refractivity contribution in [3.8, 4) is 0 Å². The van der Waals surface area contributed by atoms with Crippen LogP contribution in [0.2, 0.25) is 0 Å². The second kappa shape index (κ2) is 8.18. The van der Waals surface area contributed by atoms with Crippen molar-refractivity contribution in [3.63, 3.8) is 0 Å². The molecule has 0 unspecified atom stereocenters. The molecule has 0 bridgehead atoms. The number of aromatic nitrogens is 1. The standard InChI is InChI=1S/C20H22IN3O2/c1-3-24(4-2)12-11-22-20(26)14-8-5-7-13-18(14)23-16-10-6-9-15(21)17(16)19(13)25/h5-10H,3-4,11-12H2,1-2H3,(H,22,26)(H,23,25). The highest BCUT2D eigenvalue weighted by Gasteiger charge is 2.15. The van der Waals surface area contributed by atoms with Gasteiger partial charge in [0.05, 0.1) is 22.0 Å². The molecule has 26 heavy (non-hydrogen) atoms. The number of fused-ring (bicyclic) bond motifs is 2. The first-order valence-electron chi connectivity index (χ1n) is 8.80. The molecule has 3 rings (SSSR count). The van der Waals surface area contributed by atoms with Gasteiger partial charge in [0.15, 0.2) is 5.43 Å². The first-order chi connectivity index (χ1) is 12.6. The van der Waals surface area contributed by atoms with Crippen LogP contribution in [-0.2, 0) is 0 Å². The number of carbonyl (C=O) groups is 1. The van der Waals surface area contributed by atoms with Crippen LogP contribution >= 0.6 is 22.6 Å². The average molecular weight is 463 g/mol. The third-order valence-electron chi connectivity index (χ3n) is 4.66. The fourth-order valence-corrected chi connectivity index (χ4v) is 3.90. The van der Waals surface area contributed by atoms with Gasteiger partial charge in [-0.05, 0) is 59.9 Å². The van der Waals surface area contributed by atoms with Crippen LogP contribution in [-0.4, -0.2) is 42.0 Å². The average Bonchev–Trinajstić information content (AvgIpc) is 2.65. The van der Waals surface area contributed by atoms with E-state index in [0.29, 0.717) is 28.4 Å². The van der Waals surface area contributed by atoms with Crippen LogP contribution in [0, 0.1) is 3.57 Å². The van der Waals surface area contributed by atoms with E-state index in [2.05, 4.69) is 51.6 Å². The SMILES string of the molecule is CCN(CC)CCNC(=O)c1cccc2c(=O)c3c(I)cccc3[nH]c12. The quantitative estimate of drug-likeness (QED) is 0.436. The summed E-state index contributed by atoms with van der Waals surface area (Å²) in [6.07, 6.45) is 0. The lowest BCUT2D eigenvalue weighted by atomic mass is 10.1. The molecule has 6 heteroatoms. The molecule has 0 aliphatic rings. The molecule has 5 nitrogen and oxygen atoms in total. The van der Waals surface area contributed by atoms with Gasteiger partial charge >= 0.3 is 0 Å². The zero-order valence-corrected chi connectivity index (χ0v) is 17.1. The second-order valence-corrected chi connectivity index (χ2v) is 7.29. The summed E-state index contributed by atoms with van der Waals surface area (Å²) in [6, 6.07) is 11.0. The molecule has 3 aromatic rings. The zero-order chi connectivity index (χ0) is 18.7. The smallest absolute Gasteiger partial charge is 0.253 e. The first kappa shape index (κ1) is 18.8. The molecule has 0 saturated heterocycles. The molecule has 0 aliphatic heterocycles. The van der Waals surface area contributed by atoms with E-state index in [0.717, 1.165) is 28.7 Å². The van der Waals surface area contributed by atoms with Crippen molar-refractivity contribution in [1.82, 2.24) is 15.2 Å². The number of benzene rings is 2. The number of hydrogen-bond acceptors (Lipinski definition) is 3. The fraction of sp³-hybridized carbons (Fsp3) is 0.300. The second-order valence-electron chi connectivity index (χ2n) is 6.13. The van der Waals surface area contributed by atoms with Crippen molar-refractivity contribution in [2.24, 2.45) is 0 Å². The number of nitrogens with one attached hydrogen (secondary N) is 2. The van der Waals surface area contributed by atoms with Crippen molar-refractivity contribution < 1.29 is 4.79 Å². The Kier molecular flexibility index (Phi) is 5.93. The number of nitrogens with zero attached hydrogens (tertiary/aromatic N) is 1. The first-order valence-corrected chi connectivity index (χ1v) is 9.88. The molecule has 0 spiro atoms. The lowest BCUT2D eigenvalue weighted by Gasteiger charge is -2.18. The molecule has 2 aromatic carbocycles. The summed E-state index contributed by atoms with van der Waals surface area (Å²) in [5.74, 6) is -0.164. The maximum Gasteiger partial charge on any atom is 0.253 e. The van der Waals surface area contributed by atoms with Gasteiger partial charge < -0.3 is 15.2 Å². The predicted molar refractivity (Wildman–Crippen MR) is 115 cm³/mol. The predicted octanol–water partition coefficient (Wildman–Crippen LogP) is 3.36. The molecular formula is C20H22IN3O2. The molecule has 1 amide bonds. The Morgan fingerprint density at radius 1 is 1.15 bits per heavy atom. The Balaban J connectivity index is 1.98. The van der Waals surface area contributed by atoms with Gasteiger partial charge in [0.1, 0.15) is 0 Å². The topological polar surface area (TPSA) is 65.2 Å². The van der Waals surface area contributed by atoms with E-state index in [1.54, 1.807) is 18.2 Å². The Morgan fingerprint density at radius 3 is 2.62 bits per heavy atom. The lowest BCUT2D eigenvalue weighted by Crippen LogP contribution is -2.35. The van der Waals surface area contributed by atoms with Crippen LogP contribution in [0.4, 0.5) is 0 Å². The molecule has 0 radical (unpaired) electrons. The minimum atomic E-state index is -0.164. The summed E-state index contributed by atoms with van der Waals surface area (Å²) >= 11 is 2.17. The number of halogens is 1. The van der Waals surface area contributed by atoms with E-state index >= 15 is 0 Å². The number of pyridine rings is 1. The Bertz CT molecular complexity index is 1010. The molecule has 1 aromatic heterocycles. The number of H-pyrrole nitrogens is 1. The van der Waals surface area contributed by atoms with Gasteiger partial charge in [-0.3, -0.25) is 9.59 Å². The minimum absolute atomic E-state index is 0.0449. The summed E-state index contributed by atoms with van der Waals surface area (Å²) in [5, 5.41) is 4.17. The molecule has 1 heterocycles. The van der Waals surface area contributed by atoms with Crippen LogP contribution in [0.1, 0.15) is 24.2 Å². The van der Waals surface area contributed by atoms with E-state index in [4.69, 9.17) is 0 Å². The third-order valence-corrected chi connectivity index (χ3v) is 5.56. The van der Waals surface area contributed by atoms with Gasteiger partial charge in [-0.15, -0.1) is 0 Å². The van der Waals surface area contributed by atoms with Crippen LogP contribution in [0.5, 0.6) is 0 Å². The Hall–Kier alpha value is -1.93. The summed E-state index contributed by atoms with van der Waals surface area (Å²) in [5.41, 5.74) is 1.79. The van der Waals surface area contributed by atoms with Crippen molar-refractivity contribution in [3.05, 3.63) is 55.8 Å². The van der Waals surface area contributed by atoms with Crippen molar-refractivity contribution in [2.75, 3.05) is 26.2 Å². The van der Waals surface area contributed by atoms with Gasteiger partial charge in [-0.2, -0.15) is 0 Å². The highest BCUT2D eigenvalue weighted by atomic mass is 127. The number of likely N-dealkylation sites (N-methyl/N-ethyl adjacent to an activating group) is 1. The monoisotopic (exact) mass is 463 g/mol. The van der Waals surface area contributed by atoms with Gasteiger partial charge in [0.2, 0.25) is 0 Å². The van der Waals surface area contributed by atoms with Gasteiger partial charge in [-0.25, -0.2) is 0 Å². The molecular weight excluding hydrogens is 441 g/mol. The number of rotatable bonds is 6. The van der Waals surface area contributed by atoms with E-state index < -0.39 is 0 Å². The van der Waals surface area contributed by atoms with E-state index in [-0.39, 0.29) is 11.3 Å². The van der Waals surface area contributed by atoms with E-state index in [1.807, 2.05) is 18.2 Å². The fourth-order valence-electron chi connectivity index (χ4n) is 3.16. The summed E-state index contributed by atoms with van der Waals surface area (Å²) in [4.78, 5) is 31.1. The molecule has 0 aliphatic carbocycles. The molecule has 0 atom stereocenters. The number of amides is 1. The number of para-hydroxylation sites is 1. The summed E-state index contributed by atoms with van der Waals surface area (Å²) < 4.78 is 0.900. The van der Waals surface area contributed by atoms with E-state index in [1.165, 1.54) is 0 Å². The van der Waals surface area contributed by atoms with Crippen molar-refractivity contribution in [1.29, 1.82) is 0 Å². The maximum absolute atomic E-state index is 12.9. The Morgan fingerprint density at radius 2 is 1.88 bits per heavy atom. The van der Waals surface area contributed by atoms with Crippen molar-refractivity contribution >= 4 is 50.3 Å². The normalized spacial score (nSPS) is 11.4. The largest absolute Gasteiger partial charge is 0.354 e. The van der Waals surface area contributed by atoms with Crippen LogP contribution in [0.25, 0.3) is 21.8 Å². The van der Waals surface area contributed by atoms with Crippen LogP contribution in [0.3, 0.4) is 0 Å². The summed E-state index contributed by atoms with van der Waals surface area (Å²) in [7, 11) is 0. The molecule has 136 valence electrons.